The molecule has 154 valence electrons. The van der Waals surface area contributed by atoms with Gasteiger partial charge in [0.1, 0.15) is 6.54 Å². The summed E-state index contributed by atoms with van der Waals surface area (Å²) in [5.74, 6) is -1.38. The smallest absolute Gasteiger partial charge is 0.335 e. The Hall–Kier alpha value is -4.26. The number of benzene rings is 3. The monoisotopic (exact) mass is 413 g/mol. The molecule has 0 aliphatic carbocycles. The van der Waals surface area contributed by atoms with Crippen molar-refractivity contribution in [1.82, 2.24) is 15.1 Å². The fraction of sp³-hybridized carbons (Fsp3) is 0.0833. The summed E-state index contributed by atoms with van der Waals surface area (Å²) in [4.78, 5) is 35.4. The topological polar surface area (TPSA) is 101 Å². The highest BCUT2D eigenvalue weighted by atomic mass is 16.4. The third-order valence-corrected chi connectivity index (χ3v) is 4.90. The van der Waals surface area contributed by atoms with Gasteiger partial charge in [0.25, 0.3) is 5.56 Å². The number of fused-ring (bicyclic) bond motifs is 1. The third-order valence-electron chi connectivity index (χ3n) is 4.90. The highest BCUT2D eigenvalue weighted by Gasteiger charge is 2.09. The van der Waals surface area contributed by atoms with Crippen molar-refractivity contribution >= 4 is 22.6 Å². The number of amides is 1. The first kappa shape index (κ1) is 20.0. The van der Waals surface area contributed by atoms with Crippen molar-refractivity contribution in [3.63, 3.8) is 0 Å². The Labute approximate surface area is 177 Å². The summed E-state index contributed by atoms with van der Waals surface area (Å²) in [5.41, 5.74) is 2.01. The number of nitrogens with zero attached hydrogens (tertiary/aromatic N) is 2. The number of nitrogens with one attached hydrogen (secondary N) is 1. The molecule has 0 aliphatic rings. The molecule has 0 saturated carbocycles. The van der Waals surface area contributed by atoms with Gasteiger partial charge in [-0.25, -0.2) is 9.48 Å². The zero-order valence-corrected chi connectivity index (χ0v) is 16.5. The van der Waals surface area contributed by atoms with Crippen molar-refractivity contribution in [2.24, 2.45) is 0 Å². The van der Waals surface area contributed by atoms with Gasteiger partial charge in [0.05, 0.1) is 11.3 Å². The fourth-order valence-corrected chi connectivity index (χ4v) is 3.22. The minimum atomic E-state index is -1.01. The Kier molecular flexibility index (Phi) is 5.57. The number of carboxylic acids is 1. The van der Waals surface area contributed by atoms with E-state index in [-0.39, 0.29) is 30.1 Å². The molecule has 0 unspecified atom stereocenters. The lowest BCUT2D eigenvalue weighted by Crippen LogP contribution is -2.33. The molecule has 1 aromatic heterocycles. The van der Waals surface area contributed by atoms with E-state index in [1.165, 1.54) is 18.2 Å². The quantitative estimate of drug-likeness (QED) is 0.506. The first-order valence-electron chi connectivity index (χ1n) is 9.66. The van der Waals surface area contributed by atoms with Crippen LogP contribution in [0.25, 0.3) is 22.0 Å². The van der Waals surface area contributed by atoms with Crippen molar-refractivity contribution in [3.05, 3.63) is 100 Å². The van der Waals surface area contributed by atoms with E-state index in [4.69, 9.17) is 5.11 Å². The first-order valence-corrected chi connectivity index (χ1v) is 9.66. The van der Waals surface area contributed by atoms with Crippen LogP contribution in [0.5, 0.6) is 0 Å². The number of aromatic nitrogens is 2. The molecule has 4 aromatic rings. The molecule has 0 radical (unpaired) electrons. The van der Waals surface area contributed by atoms with E-state index in [9.17, 15) is 14.4 Å². The molecule has 3 aromatic carbocycles. The summed E-state index contributed by atoms with van der Waals surface area (Å²) in [7, 11) is 0. The molecule has 0 spiro atoms. The Morgan fingerprint density at radius 3 is 2.39 bits per heavy atom. The summed E-state index contributed by atoms with van der Waals surface area (Å²) in [6, 6.07) is 23.1. The lowest BCUT2D eigenvalue weighted by atomic mass is 10.1. The van der Waals surface area contributed by atoms with Gasteiger partial charge < -0.3 is 10.4 Å². The Balaban J connectivity index is 1.47. The normalized spacial score (nSPS) is 10.7. The first-order chi connectivity index (χ1) is 15.0. The van der Waals surface area contributed by atoms with E-state index >= 15 is 0 Å². The number of carbonyl (C=O) groups is 2. The average Bonchev–Trinajstić information content (AvgIpc) is 2.79. The van der Waals surface area contributed by atoms with Crippen LogP contribution in [0.2, 0.25) is 0 Å². The Morgan fingerprint density at radius 1 is 0.903 bits per heavy atom. The van der Waals surface area contributed by atoms with E-state index in [1.807, 2.05) is 42.5 Å². The number of hydrogen-bond acceptors (Lipinski definition) is 4. The van der Waals surface area contributed by atoms with Crippen molar-refractivity contribution < 1.29 is 14.7 Å². The molecule has 0 fully saturated rings. The number of carboxylic acid groups (broad SMARTS) is 1. The van der Waals surface area contributed by atoms with E-state index < -0.39 is 5.97 Å². The van der Waals surface area contributed by atoms with E-state index in [0.29, 0.717) is 5.69 Å². The third kappa shape index (κ3) is 4.67. The zero-order chi connectivity index (χ0) is 21.8. The second kappa shape index (κ2) is 8.62. The van der Waals surface area contributed by atoms with Gasteiger partial charge >= 0.3 is 5.97 Å². The molecule has 1 amide bonds. The summed E-state index contributed by atoms with van der Waals surface area (Å²) in [5, 5.41) is 18.2. The Bertz CT molecular complexity index is 1330. The maximum absolute atomic E-state index is 12.3. The molecule has 1 heterocycles. The summed E-state index contributed by atoms with van der Waals surface area (Å²) < 4.78 is 1.13. The van der Waals surface area contributed by atoms with Gasteiger partial charge in [0.2, 0.25) is 5.91 Å². The van der Waals surface area contributed by atoms with Crippen LogP contribution in [0.3, 0.4) is 0 Å². The van der Waals surface area contributed by atoms with E-state index in [0.717, 1.165) is 26.6 Å². The fourth-order valence-electron chi connectivity index (χ4n) is 3.22. The summed E-state index contributed by atoms with van der Waals surface area (Å²) in [6.07, 6.45) is 0. The van der Waals surface area contributed by atoms with Crippen LogP contribution in [0, 0.1) is 0 Å². The number of carbonyl (C=O) groups excluding carboxylic acids is 1. The molecule has 0 bridgehead atoms. The van der Waals surface area contributed by atoms with Gasteiger partial charge in [-0.2, -0.15) is 5.10 Å². The van der Waals surface area contributed by atoms with Crippen LogP contribution in [0.15, 0.2) is 83.7 Å². The highest BCUT2D eigenvalue weighted by Crippen LogP contribution is 2.22. The number of rotatable bonds is 6. The van der Waals surface area contributed by atoms with Crippen molar-refractivity contribution in [2.45, 2.75) is 13.1 Å². The molecular formula is C24H19N3O4. The maximum Gasteiger partial charge on any atom is 0.335 e. The molecule has 0 saturated heterocycles. The van der Waals surface area contributed by atoms with E-state index in [1.54, 1.807) is 18.2 Å². The molecule has 0 atom stereocenters. The number of hydrogen-bond donors (Lipinski definition) is 2. The molecule has 0 aliphatic heterocycles. The lowest BCUT2D eigenvalue weighted by Gasteiger charge is -2.09. The highest BCUT2D eigenvalue weighted by molar-refractivity contribution is 5.87. The predicted molar refractivity (Wildman–Crippen MR) is 117 cm³/mol. The Morgan fingerprint density at radius 2 is 1.65 bits per heavy atom. The molecular weight excluding hydrogens is 394 g/mol. The molecule has 7 heteroatoms. The minimum Gasteiger partial charge on any atom is -0.478 e. The predicted octanol–water partition coefficient (Wildman–Crippen LogP) is 3.08. The zero-order valence-electron chi connectivity index (χ0n) is 16.5. The lowest BCUT2D eigenvalue weighted by molar-refractivity contribution is -0.122. The van der Waals surface area contributed by atoms with Crippen molar-refractivity contribution in [1.29, 1.82) is 0 Å². The van der Waals surface area contributed by atoms with Gasteiger partial charge in [0.15, 0.2) is 0 Å². The molecule has 2 N–H and O–H groups in total. The maximum atomic E-state index is 12.3. The van der Waals surface area contributed by atoms with Crippen LogP contribution in [0.4, 0.5) is 0 Å². The standard InChI is InChI=1S/C24H19N3O4/c28-22(25-14-16-5-7-18(8-6-16)24(30)31)15-27-23(29)12-11-21(26-27)20-10-9-17-3-1-2-4-19(17)13-20/h1-13H,14-15H2,(H,25,28)(H,30,31). The molecule has 4 rings (SSSR count). The van der Waals surface area contributed by atoms with Crippen molar-refractivity contribution in [3.8, 4) is 11.3 Å². The second-order valence-electron chi connectivity index (χ2n) is 7.06. The van der Waals surface area contributed by atoms with Crippen LogP contribution >= 0.6 is 0 Å². The number of aromatic carboxylic acids is 1. The van der Waals surface area contributed by atoms with Gasteiger partial charge in [-0.1, -0.05) is 48.5 Å². The van der Waals surface area contributed by atoms with Crippen LogP contribution in [0.1, 0.15) is 15.9 Å². The van der Waals surface area contributed by atoms with E-state index in [2.05, 4.69) is 10.4 Å². The van der Waals surface area contributed by atoms with Gasteiger partial charge in [-0.05, 0) is 40.6 Å². The SMILES string of the molecule is O=C(Cn1nc(-c2ccc3ccccc3c2)ccc1=O)NCc1ccc(C(=O)O)cc1. The van der Waals surface area contributed by atoms with Crippen LogP contribution in [-0.4, -0.2) is 26.8 Å². The average molecular weight is 413 g/mol. The summed E-state index contributed by atoms with van der Waals surface area (Å²) >= 11 is 0. The largest absolute Gasteiger partial charge is 0.478 e. The van der Waals surface area contributed by atoms with Gasteiger partial charge in [0, 0.05) is 18.2 Å². The van der Waals surface area contributed by atoms with Crippen molar-refractivity contribution in [2.75, 3.05) is 0 Å². The second-order valence-corrected chi connectivity index (χ2v) is 7.06. The minimum absolute atomic E-state index is 0.177. The van der Waals surface area contributed by atoms with Gasteiger partial charge in [-0.15, -0.1) is 0 Å². The van der Waals surface area contributed by atoms with Crippen LogP contribution < -0.4 is 10.9 Å². The summed E-state index contributed by atoms with van der Waals surface area (Å²) in [6.45, 7) is 0.00527. The molecule has 31 heavy (non-hydrogen) atoms. The molecule has 7 nitrogen and oxygen atoms in total. The van der Waals surface area contributed by atoms with Crippen LogP contribution in [-0.2, 0) is 17.9 Å². The van der Waals surface area contributed by atoms with Gasteiger partial charge in [-0.3, -0.25) is 9.59 Å².